The number of carbonyl (C=O) groups is 2. The Balaban J connectivity index is 1.43. The molecule has 0 bridgehead atoms. The number of carbonyl (C=O) groups excluding carboxylic acids is 2. The molecular weight excluding hydrogens is 543 g/mol. The topological polar surface area (TPSA) is 133 Å². The molecule has 41 heavy (non-hydrogen) atoms. The molecule has 1 aromatic carbocycles. The fraction of sp³-hybridized carbons (Fsp3) is 0.500. The van der Waals surface area contributed by atoms with Crippen LogP contribution in [-0.4, -0.2) is 58.2 Å². The number of fused-ring (bicyclic) bond motifs is 1. The number of benzene rings is 1. The van der Waals surface area contributed by atoms with Crippen molar-refractivity contribution in [3.8, 4) is 17.2 Å². The number of amides is 2. The summed E-state index contributed by atoms with van der Waals surface area (Å²) in [5.74, 6) is -0.0566. The van der Waals surface area contributed by atoms with Crippen LogP contribution in [0.1, 0.15) is 67.9 Å². The highest BCUT2D eigenvalue weighted by Gasteiger charge is 2.35. The van der Waals surface area contributed by atoms with Crippen LogP contribution in [0.4, 0.5) is 18.0 Å². The quantitative estimate of drug-likeness (QED) is 0.363. The van der Waals surface area contributed by atoms with Crippen molar-refractivity contribution in [3.05, 3.63) is 41.4 Å². The van der Waals surface area contributed by atoms with E-state index in [9.17, 15) is 22.8 Å². The number of halogens is 3. The molecule has 2 amide bonds. The highest BCUT2D eigenvalue weighted by Crippen LogP contribution is 2.37. The predicted octanol–water partition coefficient (Wildman–Crippen LogP) is 5.04. The number of rotatable bonds is 9. The largest absolute Gasteiger partial charge is 0.488 e. The second kappa shape index (κ2) is 11.6. The van der Waals surface area contributed by atoms with E-state index in [-0.39, 0.29) is 60.0 Å². The number of oxazole rings is 1. The molecule has 2 aliphatic rings. The maximum absolute atomic E-state index is 13.5. The lowest BCUT2D eigenvalue weighted by atomic mass is 10.1. The number of hydrogen-bond donors (Lipinski definition) is 2. The average molecular weight is 576 g/mol. The number of hydrogen-bond acceptors (Lipinski definition) is 8. The lowest BCUT2D eigenvalue weighted by Gasteiger charge is -2.17. The summed E-state index contributed by atoms with van der Waals surface area (Å²) in [6, 6.07) is 5.06. The molecule has 3 aromatic rings. The van der Waals surface area contributed by atoms with Crippen LogP contribution in [-0.2, 0) is 17.5 Å². The van der Waals surface area contributed by atoms with Crippen LogP contribution in [0.25, 0.3) is 22.4 Å². The molecule has 2 atom stereocenters. The van der Waals surface area contributed by atoms with Crippen molar-refractivity contribution in [1.82, 2.24) is 20.2 Å². The Morgan fingerprint density at radius 3 is 2.66 bits per heavy atom. The van der Waals surface area contributed by atoms with E-state index >= 15 is 0 Å². The van der Waals surface area contributed by atoms with Gasteiger partial charge in [0.25, 0.3) is 5.91 Å². The molecule has 2 aromatic heterocycles. The first-order valence-electron chi connectivity index (χ1n) is 13.7. The Morgan fingerprint density at radius 1 is 1.20 bits per heavy atom. The third kappa shape index (κ3) is 6.39. The van der Waals surface area contributed by atoms with Crippen LogP contribution in [0.2, 0.25) is 0 Å². The summed E-state index contributed by atoms with van der Waals surface area (Å²) < 4.78 is 57.6. The van der Waals surface area contributed by atoms with E-state index in [0.29, 0.717) is 30.3 Å². The van der Waals surface area contributed by atoms with E-state index in [2.05, 4.69) is 15.3 Å². The summed E-state index contributed by atoms with van der Waals surface area (Å²) >= 11 is 0. The lowest BCUT2D eigenvalue weighted by Crippen LogP contribution is -2.39. The molecule has 0 radical (unpaired) electrons. The van der Waals surface area contributed by atoms with Crippen LogP contribution in [0, 0.1) is 0 Å². The molecule has 3 heterocycles. The number of likely N-dealkylation sites (tertiary alicyclic amines) is 1. The van der Waals surface area contributed by atoms with E-state index in [1.165, 1.54) is 12.1 Å². The molecule has 3 N–H and O–H groups in total. The van der Waals surface area contributed by atoms with E-state index in [1.54, 1.807) is 11.0 Å². The Bertz CT molecular complexity index is 1440. The van der Waals surface area contributed by atoms with Crippen LogP contribution in [0.3, 0.4) is 0 Å². The van der Waals surface area contributed by atoms with Gasteiger partial charge in [0.2, 0.25) is 5.89 Å². The molecule has 2 unspecified atom stereocenters. The number of alkyl halides is 3. The van der Waals surface area contributed by atoms with Crippen molar-refractivity contribution < 1.29 is 36.7 Å². The number of nitrogens with zero attached hydrogens (tertiary/aromatic N) is 3. The molecule has 220 valence electrons. The zero-order chi connectivity index (χ0) is 29.3. The molecule has 1 aliphatic heterocycles. The van der Waals surface area contributed by atoms with Gasteiger partial charge < -0.3 is 29.8 Å². The smallest absolute Gasteiger partial charge is 0.433 e. The molecule has 1 aliphatic carbocycles. The molecule has 10 nitrogen and oxygen atoms in total. The SMILES string of the molecule is CCCC(C)Oc1ccc(-c2nc(C(=O)N3CCC(NC(=O)OC4CC4)C3)c(CN)o2)c2ccc(C(F)(F)F)nc12. The highest BCUT2D eigenvalue weighted by atomic mass is 19.4. The van der Waals surface area contributed by atoms with Crippen molar-refractivity contribution in [2.24, 2.45) is 5.73 Å². The van der Waals surface area contributed by atoms with Gasteiger partial charge >= 0.3 is 12.3 Å². The van der Waals surface area contributed by atoms with E-state index in [1.807, 2.05) is 13.8 Å². The molecule has 1 saturated heterocycles. The second-order valence-corrected chi connectivity index (χ2v) is 10.4. The number of nitrogens with two attached hydrogens (primary N) is 1. The van der Waals surface area contributed by atoms with Crippen molar-refractivity contribution in [2.75, 3.05) is 13.1 Å². The minimum Gasteiger partial charge on any atom is -0.488 e. The van der Waals surface area contributed by atoms with Crippen molar-refractivity contribution in [3.63, 3.8) is 0 Å². The number of nitrogens with one attached hydrogen (secondary N) is 1. The summed E-state index contributed by atoms with van der Waals surface area (Å²) in [5, 5.41) is 3.11. The van der Waals surface area contributed by atoms with Gasteiger partial charge in [0.1, 0.15) is 23.1 Å². The summed E-state index contributed by atoms with van der Waals surface area (Å²) in [6.45, 7) is 4.35. The molecule has 1 saturated carbocycles. The van der Waals surface area contributed by atoms with Crippen LogP contribution >= 0.6 is 0 Å². The summed E-state index contributed by atoms with van der Waals surface area (Å²) in [6.07, 6.45) is -1.59. The first-order valence-corrected chi connectivity index (χ1v) is 13.7. The lowest BCUT2D eigenvalue weighted by molar-refractivity contribution is -0.140. The van der Waals surface area contributed by atoms with E-state index < -0.39 is 23.9 Å². The monoisotopic (exact) mass is 575 g/mol. The van der Waals surface area contributed by atoms with Gasteiger partial charge in [-0.05, 0) is 56.9 Å². The standard InChI is InChI=1S/C28H32F3N5O5/c1-3-4-15(2)39-20-9-7-19(18-8-10-22(28(29,30)31)34-23(18)20)25-35-24(21(13-32)41-25)26(37)36-12-11-16(14-36)33-27(38)40-17-5-6-17/h7-10,15-17H,3-6,11-14,32H2,1-2H3,(H,33,38). The summed E-state index contributed by atoms with van der Waals surface area (Å²) in [4.78, 5) is 35.2. The highest BCUT2D eigenvalue weighted by molar-refractivity contribution is 5.98. The summed E-state index contributed by atoms with van der Waals surface area (Å²) in [5.41, 5.74) is 5.18. The number of pyridine rings is 1. The van der Waals surface area contributed by atoms with Crippen LogP contribution < -0.4 is 15.8 Å². The van der Waals surface area contributed by atoms with Gasteiger partial charge in [-0.25, -0.2) is 14.8 Å². The second-order valence-electron chi connectivity index (χ2n) is 10.4. The van der Waals surface area contributed by atoms with E-state index in [0.717, 1.165) is 25.3 Å². The first kappa shape index (κ1) is 28.7. The molecule has 2 fully saturated rings. The maximum atomic E-state index is 13.5. The average Bonchev–Trinajstić information content (AvgIpc) is 3.44. The van der Waals surface area contributed by atoms with Crippen molar-refractivity contribution in [1.29, 1.82) is 0 Å². The Labute approximate surface area is 234 Å². The van der Waals surface area contributed by atoms with Crippen molar-refractivity contribution >= 4 is 22.9 Å². The number of aromatic nitrogens is 2. The minimum atomic E-state index is -4.65. The first-order chi connectivity index (χ1) is 19.6. The molecule has 0 spiro atoms. The Hall–Kier alpha value is -3.87. The Kier molecular flexibility index (Phi) is 8.07. The van der Waals surface area contributed by atoms with Crippen LogP contribution in [0.5, 0.6) is 5.75 Å². The van der Waals surface area contributed by atoms with Gasteiger partial charge in [0, 0.05) is 24.0 Å². The van der Waals surface area contributed by atoms with Crippen molar-refractivity contribution in [2.45, 2.75) is 76.9 Å². The van der Waals surface area contributed by atoms with Gasteiger partial charge in [-0.1, -0.05) is 13.3 Å². The fourth-order valence-electron chi connectivity index (χ4n) is 4.84. The van der Waals surface area contributed by atoms with Gasteiger partial charge in [-0.3, -0.25) is 4.79 Å². The maximum Gasteiger partial charge on any atom is 0.433 e. The van der Waals surface area contributed by atoms with Gasteiger partial charge in [-0.2, -0.15) is 13.2 Å². The molecule has 13 heteroatoms. The number of ether oxygens (including phenoxy) is 2. The normalized spacial score (nSPS) is 18.0. The fourth-order valence-corrected chi connectivity index (χ4v) is 4.84. The minimum absolute atomic E-state index is 0.00666. The van der Waals surface area contributed by atoms with Crippen LogP contribution in [0.15, 0.2) is 28.7 Å². The summed E-state index contributed by atoms with van der Waals surface area (Å²) in [7, 11) is 0. The van der Waals surface area contributed by atoms with E-state index in [4.69, 9.17) is 19.6 Å². The van der Waals surface area contributed by atoms with Gasteiger partial charge in [0.05, 0.1) is 18.7 Å². The molecular formula is C28H32F3N5O5. The number of alkyl carbamates (subject to hydrolysis) is 1. The zero-order valence-electron chi connectivity index (χ0n) is 22.8. The van der Waals surface area contributed by atoms with Gasteiger partial charge in [0.15, 0.2) is 11.5 Å². The third-order valence-corrected chi connectivity index (χ3v) is 7.05. The third-order valence-electron chi connectivity index (χ3n) is 7.05. The molecule has 5 rings (SSSR count). The zero-order valence-corrected chi connectivity index (χ0v) is 22.8. The predicted molar refractivity (Wildman–Crippen MR) is 142 cm³/mol. The Morgan fingerprint density at radius 2 is 1.98 bits per heavy atom. The van der Waals surface area contributed by atoms with Gasteiger partial charge in [-0.15, -0.1) is 0 Å².